The van der Waals surface area contributed by atoms with E-state index in [9.17, 15) is 9.59 Å². The summed E-state index contributed by atoms with van der Waals surface area (Å²) in [4.78, 5) is 35.5. The molecule has 1 N–H and O–H groups in total. The molecule has 1 fully saturated rings. The number of amides is 1. The number of ether oxygens (including phenoxy) is 1. The lowest BCUT2D eigenvalue weighted by Gasteiger charge is -2.24. The lowest BCUT2D eigenvalue weighted by atomic mass is 10.1. The van der Waals surface area contributed by atoms with E-state index in [0.717, 1.165) is 18.4 Å². The molecular formula is C19H20N4O3. The van der Waals surface area contributed by atoms with E-state index in [4.69, 9.17) is 4.74 Å². The smallest absolute Gasteiger partial charge is 0.306 e. The molecule has 0 atom stereocenters. The highest BCUT2D eigenvalue weighted by Gasteiger charge is 2.38. The van der Waals surface area contributed by atoms with Crippen LogP contribution in [-0.2, 0) is 16.0 Å². The molecule has 1 saturated carbocycles. The molecule has 0 bridgehead atoms. The first kappa shape index (κ1) is 16.5. The van der Waals surface area contributed by atoms with Gasteiger partial charge in [-0.3, -0.25) is 9.59 Å². The minimum Gasteiger partial charge on any atom is -0.466 e. The second kappa shape index (κ2) is 6.74. The van der Waals surface area contributed by atoms with Gasteiger partial charge in [-0.2, -0.15) is 0 Å². The number of carbonyl (C=O) groups is 2. The van der Waals surface area contributed by atoms with Gasteiger partial charge in [-0.25, -0.2) is 9.97 Å². The van der Waals surface area contributed by atoms with E-state index in [1.165, 1.54) is 0 Å². The van der Waals surface area contributed by atoms with Gasteiger partial charge in [-0.1, -0.05) is 0 Å². The zero-order valence-electron chi connectivity index (χ0n) is 14.6. The van der Waals surface area contributed by atoms with E-state index >= 15 is 0 Å². The molecule has 0 unspecified atom stereocenters. The van der Waals surface area contributed by atoms with Crippen LogP contribution in [-0.4, -0.2) is 34.5 Å². The Morgan fingerprint density at radius 1 is 1.27 bits per heavy atom. The Morgan fingerprint density at radius 2 is 2.08 bits per heavy atom. The summed E-state index contributed by atoms with van der Waals surface area (Å²) >= 11 is 0. The van der Waals surface area contributed by atoms with Crippen LogP contribution in [0.5, 0.6) is 0 Å². The van der Waals surface area contributed by atoms with Gasteiger partial charge in [0.15, 0.2) is 5.82 Å². The Morgan fingerprint density at radius 3 is 2.85 bits per heavy atom. The largest absolute Gasteiger partial charge is 0.466 e. The summed E-state index contributed by atoms with van der Waals surface area (Å²) in [7, 11) is 0. The molecule has 0 saturated heterocycles. The van der Waals surface area contributed by atoms with Crippen LogP contribution in [0.2, 0.25) is 0 Å². The van der Waals surface area contributed by atoms with Crippen LogP contribution in [0, 0.1) is 0 Å². The van der Waals surface area contributed by atoms with Crippen LogP contribution < -0.4 is 10.2 Å². The van der Waals surface area contributed by atoms with E-state index in [-0.39, 0.29) is 18.3 Å². The zero-order valence-corrected chi connectivity index (χ0v) is 14.6. The quantitative estimate of drug-likeness (QED) is 0.833. The molecule has 2 aromatic rings. The standard InChI is InChI=1S/C19H20N4O3/c1-2-26-15(24)8-5-12-9-11-21-18-16(12)22-19(25)14-4-3-10-20-17(14)23(18)13-6-7-13/h3-4,9-11,13H,2,5-8H2,1H3,(H,22,25). The predicted octanol–water partition coefficient (Wildman–Crippen LogP) is 2.84. The molecule has 0 radical (unpaired) electrons. The molecule has 7 heteroatoms. The molecule has 4 rings (SSSR count). The summed E-state index contributed by atoms with van der Waals surface area (Å²) < 4.78 is 5.01. The summed E-state index contributed by atoms with van der Waals surface area (Å²) in [5.41, 5.74) is 2.07. The van der Waals surface area contributed by atoms with Crippen molar-refractivity contribution >= 4 is 29.2 Å². The van der Waals surface area contributed by atoms with E-state index in [0.29, 0.717) is 42.0 Å². The molecule has 26 heavy (non-hydrogen) atoms. The number of esters is 1. The second-order valence-electron chi connectivity index (χ2n) is 6.40. The number of fused-ring (bicyclic) bond motifs is 2. The monoisotopic (exact) mass is 352 g/mol. The number of nitrogens with zero attached hydrogens (tertiary/aromatic N) is 3. The van der Waals surface area contributed by atoms with Crippen molar-refractivity contribution < 1.29 is 14.3 Å². The maximum atomic E-state index is 12.8. The summed E-state index contributed by atoms with van der Waals surface area (Å²) in [5, 5.41) is 2.98. The highest BCUT2D eigenvalue weighted by atomic mass is 16.5. The summed E-state index contributed by atoms with van der Waals surface area (Å²) in [6, 6.07) is 5.67. The Kier molecular flexibility index (Phi) is 4.28. The van der Waals surface area contributed by atoms with E-state index < -0.39 is 0 Å². The van der Waals surface area contributed by atoms with Gasteiger partial charge in [0.25, 0.3) is 5.91 Å². The lowest BCUT2D eigenvalue weighted by molar-refractivity contribution is -0.143. The third-order valence-corrected chi connectivity index (χ3v) is 4.56. The minimum atomic E-state index is -0.248. The Labute approximate surface area is 151 Å². The van der Waals surface area contributed by atoms with Gasteiger partial charge in [-0.05, 0) is 49.9 Å². The van der Waals surface area contributed by atoms with Crippen molar-refractivity contribution in [2.75, 3.05) is 16.8 Å². The fourth-order valence-electron chi connectivity index (χ4n) is 3.21. The highest BCUT2D eigenvalue weighted by Crippen LogP contribution is 2.43. The maximum absolute atomic E-state index is 12.8. The summed E-state index contributed by atoms with van der Waals surface area (Å²) in [6.07, 6.45) is 6.23. The van der Waals surface area contributed by atoms with Crippen molar-refractivity contribution in [1.29, 1.82) is 0 Å². The second-order valence-corrected chi connectivity index (χ2v) is 6.40. The summed E-state index contributed by atoms with van der Waals surface area (Å²) in [5.74, 6) is 0.880. The number of carbonyl (C=O) groups excluding carboxylic acids is 2. The van der Waals surface area contributed by atoms with Crippen LogP contribution in [0.15, 0.2) is 30.6 Å². The molecule has 2 aliphatic rings. The number of rotatable bonds is 5. The normalized spacial score (nSPS) is 15.6. The fourth-order valence-corrected chi connectivity index (χ4v) is 3.21. The predicted molar refractivity (Wildman–Crippen MR) is 96.5 cm³/mol. The van der Waals surface area contributed by atoms with Gasteiger partial charge < -0.3 is 15.0 Å². The Balaban J connectivity index is 1.74. The first-order valence-corrected chi connectivity index (χ1v) is 8.88. The number of hydrogen-bond acceptors (Lipinski definition) is 6. The number of hydrogen-bond donors (Lipinski definition) is 1. The van der Waals surface area contributed by atoms with Crippen LogP contribution in [0.1, 0.15) is 42.1 Å². The average Bonchev–Trinajstić information content (AvgIpc) is 3.47. The van der Waals surface area contributed by atoms with Crippen molar-refractivity contribution in [1.82, 2.24) is 9.97 Å². The molecule has 2 aromatic heterocycles. The molecule has 1 aliphatic carbocycles. The number of pyridine rings is 2. The Hall–Kier alpha value is -2.96. The SMILES string of the molecule is CCOC(=O)CCc1ccnc2c1NC(=O)c1cccnc1N2C1CC1. The van der Waals surface area contributed by atoms with Gasteiger partial charge in [0.2, 0.25) is 0 Å². The van der Waals surface area contributed by atoms with Gasteiger partial charge in [0.05, 0.1) is 17.9 Å². The molecule has 0 aromatic carbocycles. The molecule has 3 heterocycles. The number of aryl methyl sites for hydroxylation is 1. The van der Waals surface area contributed by atoms with Crippen LogP contribution in [0.25, 0.3) is 0 Å². The van der Waals surface area contributed by atoms with Crippen molar-refractivity contribution in [2.45, 2.75) is 38.6 Å². The summed E-state index contributed by atoms with van der Waals surface area (Å²) in [6.45, 7) is 2.15. The molecular weight excluding hydrogens is 332 g/mol. The van der Waals surface area contributed by atoms with E-state index in [1.54, 1.807) is 31.5 Å². The van der Waals surface area contributed by atoms with E-state index in [2.05, 4.69) is 20.2 Å². The van der Waals surface area contributed by atoms with Crippen LogP contribution >= 0.6 is 0 Å². The number of aromatic nitrogens is 2. The third kappa shape index (κ3) is 3.00. The zero-order chi connectivity index (χ0) is 18.1. The van der Waals surface area contributed by atoms with Crippen molar-refractivity contribution in [3.05, 3.63) is 41.7 Å². The van der Waals surface area contributed by atoms with Crippen molar-refractivity contribution in [2.24, 2.45) is 0 Å². The van der Waals surface area contributed by atoms with Crippen molar-refractivity contribution in [3.63, 3.8) is 0 Å². The number of anilines is 3. The topological polar surface area (TPSA) is 84.4 Å². The van der Waals surface area contributed by atoms with Gasteiger partial charge in [0, 0.05) is 24.9 Å². The van der Waals surface area contributed by atoms with Gasteiger partial charge in [0.1, 0.15) is 5.82 Å². The minimum absolute atomic E-state index is 0.206. The first-order valence-electron chi connectivity index (χ1n) is 8.88. The third-order valence-electron chi connectivity index (χ3n) is 4.56. The molecule has 134 valence electrons. The Bertz CT molecular complexity index is 864. The van der Waals surface area contributed by atoms with Gasteiger partial charge in [-0.15, -0.1) is 0 Å². The van der Waals surface area contributed by atoms with Crippen molar-refractivity contribution in [3.8, 4) is 0 Å². The lowest BCUT2D eigenvalue weighted by Crippen LogP contribution is -2.22. The molecule has 1 aliphatic heterocycles. The first-order chi connectivity index (χ1) is 12.7. The maximum Gasteiger partial charge on any atom is 0.306 e. The average molecular weight is 352 g/mol. The fraction of sp³-hybridized carbons (Fsp3) is 0.368. The molecule has 1 amide bonds. The van der Waals surface area contributed by atoms with E-state index in [1.807, 2.05) is 6.07 Å². The van der Waals surface area contributed by atoms with Crippen LogP contribution in [0.3, 0.4) is 0 Å². The molecule has 0 spiro atoms. The molecule has 7 nitrogen and oxygen atoms in total. The number of nitrogens with one attached hydrogen (secondary N) is 1. The van der Waals surface area contributed by atoms with Gasteiger partial charge >= 0.3 is 5.97 Å². The highest BCUT2D eigenvalue weighted by molar-refractivity contribution is 6.12. The van der Waals surface area contributed by atoms with Crippen LogP contribution in [0.4, 0.5) is 17.3 Å².